The van der Waals surface area contributed by atoms with Crippen LogP contribution < -0.4 is 11.2 Å². The number of hydrogen-bond acceptors (Lipinski definition) is 4. The number of carbonyl (C=O) groups is 2. The summed E-state index contributed by atoms with van der Waals surface area (Å²) in [6.45, 7) is 1.67. The van der Waals surface area contributed by atoms with Crippen LogP contribution in [-0.2, 0) is 4.79 Å². The first-order valence-corrected chi connectivity index (χ1v) is 6.85. The Hall–Kier alpha value is -2.54. The maximum atomic E-state index is 12.5. The number of primary amides is 1. The second-order valence-corrected chi connectivity index (χ2v) is 5.35. The standard InChI is InChI=1S/C15H20N4O3/c1-9-11(13(20)18(2)3)12(10-7-5-4-6-8-10)14(21)19(9)17-15(16)22/h4-8,12,14,21H,1-3H3,(H3,16,17,22)/t12-,14+/m1/s1. The summed E-state index contributed by atoms with van der Waals surface area (Å²) < 4.78 is 0. The number of hydrazine groups is 1. The molecule has 118 valence electrons. The van der Waals surface area contributed by atoms with Gasteiger partial charge in [0.2, 0.25) is 0 Å². The van der Waals surface area contributed by atoms with Crippen LogP contribution in [0.3, 0.4) is 0 Å². The summed E-state index contributed by atoms with van der Waals surface area (Å²) >= 11 is 0. The summed E-state index contributed by atoms with van der Waals surface area (Å²) in [6.07, 6.45) is -1.10. The lowest BCUT2D eigenvalue weighted by Crippen LogP contribution is -2.48. The van der Waals surface area contributed by atoms with Gasteiger partial charge in [0, 0.05) is 25.4 Å². The highest BCUT2D eigenvalue weighted by atomic mass is 16.3. The monoisotopic (exact) mass is 304 g/mol. The maximum absolute atomic E-state index is 12.5. The predicted octanol–water partition coefficient (Wildman–Crippen LogP) is 0.350. The van der Waals surface area contributed by atoms with Crippen LogP contribution in [0, 0.1) is 0 Å². The van der Waals surface area contributed by atoms with E-state index in [1.54, 1.807) is 21.0 Å². The number of nitrogens with zero attached hydrogens (tertiary/aromatic N) is 2. The number of carbonyl (C=O) groups excluding carboxylic acids is 2. The van der Waals surface area contributed by atoms with Crippen molar-refractivity contribution in [3.05, 3.63) is 47.2 Å². The van der Waals surface area contributed by atoms with E-state index in [4.69, 9.17) is 5.73 Å². The van der Waals surface area contributed by atoms with Gasteiger partial charge in [0.15, 0.2) is 6.23 Å². The topological polar surface area (TPSA) is 98.9 Å². The molecule has 0 bridgehead atoms. The minimum absolute atomic E-state index is 0.223. The van der Waals surface area contributed by atoms with Crippen molar-refractivity contribution in [3.63, 3.8) is 0 Å². The van der Waals surface area contributed by atoms with Crippen LogP contribution in [-0.4, -0.2) is 47.3 Å². The Labute approximate surface area is 129 Å². The second-order valence-electron chi connectivity index (χ2n) is 5.35. The number of nitrogens with two attached hydrogens (primary N) is 1. The molecule has 1 aliphatic rings. The molecule has 0 saturated carbocycles. The highest BCUT2D eigenvalue weighted by Gasteiger charge is 2.43. The Balaban J connectivity index is 2.51. The highest BCUT2D eigenvalue weighted by Crippen LogP contribution is 2.39. The summed E-state index contributed by atoms with van der Waals surface area (Å²) in [6, 6.07) is 8.38. The molecule has 1 aromatic rings. The van der Waals surface area contributed by atoms with Gasteiger partial charge in [-0.3, -0.25) is 9.80 Å². The van der Waals surface area contributed by atoms with Crippen molar-refractivity contribution >= 4 is 11.9 Å². The average Bonchev–Trinajstić information content (AvgIpc) is 2.71. The molecule has 7 heteroatoms. The SMILES string of the molecule is CC1=C(C(=O)N(C)C)[C@@H](c2ccccc2)[C@H](O)N1NC(N)=O. The molecule has 0 radical (unpaired) electrons. The molecule has 3 amide bonds. The number of nitrogens with one attached hydrogen (secondary N) is 1. The van der Waals surface area contributed by atoms with E-state index in [-0.39, 0.29) is 5.91 Å². The largest absolute Gasteiger partial charge is 0.371 e. The third-order valence-electron chi connectivity index (χ3n) is 3.65. The lowest BCUT2D eigenvalue weighted by atomic mass is 9.90. The summed E-state index contributed by atoms with van der Waals surface area (Å²) in [7, 11) is 3.28. The van der Waals surface area contributed by atoms with Crippen LogP contribution in [0.15, 0.2) is 41.6 Å². The first-order chi connectivity index (χ1) is 10.3. The molecule has 4 N–H and O–H groups in total. The zero-order valence-corrected chi connectivity index (χ0v) is 12.8. The van der Waals surface area contributed by atoms with Gasteiger partial charge in [-0.15, -0.1) is 0 Å². The smallest absolute Gasteiger partial charge is 0.331 e. The fourth-order valence-corrected chi connectivity index (χ4v) is 2.65. The molecule has 2 rings (SSSR count). The first-order valence-electron chi connectivity index (χ1n) is 6.85. The van der Waals surface area contributed by atoms with Crippen LogP contribution in [0.2, 0.25) is 0 Å². The van der Waals surface area contributed by atoms with E-state index in [0.717, 1.165) is 5.56 Å². The zero-order chi connectivity index (χ0) is 16.4. The third kappa shape index (κ3) is 2.75. The van der Waals surface area contributed by atoms with Gasteiger partial charge in [-0.1, -0.05) is 30.3 Å². The van der Waals surface area contributed by atoms with E-state index in [0.29, 0.717) is 11.3 Å². The van der Waals surface area contributed by atoms with Crippen molar-refractivity contribution in [1.82, 2.24) is 15.3 Å². The number of amides is 3. The Kier molecular flexibility index (Phi) is 4.37. The van der Waals surface area contributed by atoms with Crippen molar-refractivity contribution in [1.29, 1.82) is 0 Å². The predicted molar refractivity (Wildman–Crippen MR) is 81.1 cm³/mol. The molecule has 1 aliphatic heterocycles. The van der Waals surface area contributed by atoms with Crippen molar-refractivity contribution < 1.29 is 14.7 Å². The first kappa shape index (κ1) is 15.8. The second kappa shape index (κ2) is 6.07. The van der Waals surface area contributed by atoms with Gasteiger partial charge in [-0.25, -0.2) is 10.2 Å². The van der Waals surface area contributed by atoms with E-state index in [2.05, 4.69) is 5.43 Å². The van der Waals surface area contributed by atoms with Crippen molar-refractivity contribution in [2.75, 3.05) is 14.1 Å². The molecule has 7 nitrogen and oxygen atoms in total. The Morgan fingerprint density at radius 3 is 2.36 bits per heavy atom. The normalized spacial score (nSPS) is 21.0. The van der Waals surface area contributed by atoms with E-state index >= 15 is 0 Å². The molecule has 22 heavy (non-hydrogen) atoms. The van der Waals surface area contributed by atoms with Gasteiger partial charge >= 0.3 is 6.03 Å². The lowest BCUT2D eigenvalue weighted by Gasteiger charge is -2.27. The Morgan fingerprint density at radius 2 is 1.86 bits per heavy atom. The number of hydrogen-bond donors (Lipinski definition) is 3. The minimum atomic E-state index is -1.10. The van der Waals surface area contributed by atoms with Gasteiger partial charge in [0.25, 0.3) is 5.91 Å². The summed E-state index contributed by atoms with van der Waals surface area (Å²) in [5.74, 6) is -0.790. The summed E-state index contributed by atoms with van der Waals surface area (Å²) in [5, 5.41) is 11.8. The molecule has 0 aliphatic carbocycles. The van der Waals surface area contributed by atoms with Crippen LogP contribution >= 0.6 is 0 Å². The third-order valence-corrected chi connectivity index (χ3v) is 3.65. The average molecular weight is 304 g/mol. The van der Waals surface area contributed by atoms with E-state index in [1.807, 2.05) is 30.3 Å². The van der Waals surface area contributed by atoms with Crippen LogP contribution in [0.5, 0.6) is 0 Å². The molecular formula is C15H20N4O3. The maximum Gasteiger partial charge on any atom is 0.331 e. The molecule has 1 heterocycles. The van der Waals surface area contributed by atoms with Gasteiger partial charge in [0.05, 0.1) is 5.92 Å². The van der Waals surface area contributed by atoms with Crippen molar-refractivity contribution in [3.8, 4) is 0 Å². The number of likely N-dealkylation sites (N-methyl/N-ethyl adjacent to an activating group) is 1. The Morgan fingerprint density at radius 1 is 1.27 bits per heavy atom. The summed E-state index contributed by atoms with van der Waals surface area (Å²) in [5.41, 5.74) is 9.18. The lowest BCUT2D eigenvalue weighted by molar-refractivity contribution is -0.125. The molecule has 0 saturated heterocycles. The fourth-order valence-electron chi connectivity index (χ4n) is 2.65. The number of rotatable bonds is 3. The van der Waals surface area contributed by atoms with Crippen LogP contribution in [0.1, 0.15) is 18.4 Å². The van der Waals surface area contributed by atoms with E-state index < -0.39 is 18.2 Å². The molecule has 0 unspecified atom stereocenters. The van der Waals surface area contributed by atoms with Crippen molar-refractivity contribution in [2.24, 2.45) is 5.73 Å². The van der Waals surface area contributed by atoms with Gasteiger partial charge in [-0.05, 0) is 12.5 Å². The number of allylic oxidation sites excluding steroid dienone is 1. The van der Waals surface area contributed by atoms with Gasteiger partial charge < -0.3 is 15.7 Å². The van der Waals surface area contributed by atoms with Crippen LogP contribution in [0.4, 0.5) is 4.79 Å². The highest BCUT2D eigenvalue weighted by molar-refractivity contribution is 5.96. The van der Waals surface area contributed by atoms with Crippen molar-refractivity contribution in [2.45, 2.75) is 19.1 Å². The molecule has 0 fully saturated rings. The fraction of sp³-hybridized carbons (Fsp3) is 0.333. The quantitative estimate of drug-likeness (QED) is 0.750. The number of urea groups is 1. The molecule has 0 spiro atoms. The number of aliphatic hydroxyl groups excluding tert-OH is 1. The van der Waals surface area contributed by atoms with E-state index in [1.165, 1.54) is 9.91 Å². The molecular weight excluding hydrogens is 284 g/mol. The van der Waals surface area contributed by atoms with Gasteiger partial charge in [-0.2, -0.15) is 0 Å². The Bertz CT molecular complexity index is 612. The number of aliphatic hydroxyl groups is 1. The zero-order valence-electron chi connectivity index (χ0n) is 12.8. The molecule has 1 aromatic carbocycles. The number of benzene rings is 1. The summed E-state index contributed by atoms with van der Waals surface area (Å²) in [4.78, 5) is 25.1. The van der Waals surface area contributed by atoms with E-state index in [9.17, 15) is 14.7 Å². The molecule has 2 atom stereocenters. The molecule has 0 aromatic heterocycles. The minimum Gasteiger partial charge on any atom is -0.371 e. The van der Waals surface area contributed by atoms with Gasteiger partial charge in [0.1, 0.15) is 0 Å². The van der Waals surface area contributed by atoms with Crippen LogP contribution in [0.25, 0.3) is 0 Å².